The summed E-state index contributed by atoms with van der Waals surface area (Å²) in [5, 5.41) is 7.78. The Bertz CT molecular complexity index is 1000. The molecule has 0 aliphatic rings. The highest BCUT2D eigenvalue weighted by atomic mass is 32.1. The van der Waals surface area contributed by atoms with Gasteiger partial charge in [0.05, 0.1) is 17.0 Å². The molecule has 0 saturated heterocycles. The molecule has 1 amide bonds. The van der Waals surface area contributed by atoms with E-state index in [-0.39, 0.29) is 12.3 Å². The summed E-state index contributed by atoms with van der Waals surface area (Å²) in [5.74, 6) is 0.509. The van der Waals surface area contributed by atoms with E-state index in [1.807, 2.05) is 41.1 Å². The zero-order valence-electron chi connectivity index (χ0n) is 12.8. The first-order valence-electron chi connectivity index (χ1n) is 7.33. The van der Waals surface area contributed by atoms with Crippen LogP contribution in [0.1, 0.15) is 11.6 Å². The van der Waals surface area contributed by atoms with Gasteiger partial charge in [-0.1, -0.05) is 6.07 Å². The monoisotopic (exact) mass is 355 g/mol. The number of aromatic nitrogens is 2. The standard InChI is InChI=1S/C17H13N3O2S2/c1-10-18-13-7-11(4-5-14(13)22-10)19-16(21)8-12-9-24-17(20-12)15-3-2-6-23-15/h2-7,9H,8H2,1H3,(H,19,21). The molecule has 0 aliphatic heterocycles. The number of anilines is 1. The molecule has 0 saturated carbocycles. The quantitative estimate of drug-likeness (QED) is 0.585. The average Bonchev–Trinajstić information content (AvgIpc) is 3.25. The summed E-state index contributed by atoms with van der Waals surface area (Å²) in [6.07, 6.45) is 0.248. The van der Waals surface area contributed by atoms with Crippen molar-refractivity contribution in [2.24, 2.45) is 0 Å². The van der Waals surface area contributed by atoms with Crippen LogP contribution in [0.25, 0.3) is 21.0 Å². The summed E-state index contributed by atoms with van der Waals surface area (Å²) in [7, 11) is 0. The van der Waals surface area contributed by atoms with E-state index in [9.17, 15) is 4.79 Å². The number of amides is 1. The van der Waals surface area contributed by atoms with Crippen LogP contribution < -0.4 is 5.32 Å². The molecule has 1 aromatic carbocycles. The van der Waals surface area contributed by atoms with Gasteiger partial charge in [-0.15, -0.1) is 22.7 Å². The van der Waals surface area contributed by atoms with Gasteiger partial charge in [0.1, 0.15) is 10.5 Å². The highest BCUT2D eigenvalue weighted by molar-refractivity contribution is 7.20. The van der Waals surface area contributed by atoms with E-state index < -0.39 is 0 Å². The molecule has 0 aliphatic carbocycles. The molecule has 3 aromatic heterocycles. The number of oxazole rings is 1. The number of benzene rings is 1. The lowest BCUT2D eigenvalue weighted by atomic mass is 10.2. The number of carbonyl (C=O) groups is 1. The summed E-state index contributed by atoms with van der Waals surface area (Å²) in [6, 6.07) is 9.45. The Morgan fingerprint density at radius 3 is 3.00 bits per heavy atom. The van der Waals surface area contributed by atoms with Gasteiger partial charge in [-0.3, -0.25) is 4.79 Å². The van der Waals surface area contributed by atoms with E-state index in [0.717, 1.165) is 21.1 Å². The summed E-state index contributed by atoms with van der Waals surface area (Å²) in [5.41, 5.74) is 2.93. The highest BCUT2D eigenvalue weighted by Gasteiger charge is 2.11. The van der Waals surface area contributed by atoms with Crippen molar-refractivity contribution >= 4 is 45.4 Å². The van der Waals surface area contributed by atoms with Crippen molar-refractivity contribution < 1.29 is 9.21 Å². The fourth-order valence-corrected chi connectivity index (χ4v) is 4.03. The van der Waals surface area contributed by atoms with Crippen molar-refractivity contribution in [3.8, 4) is 9.88 Å². The lowest BCUT2D eigenvalue weighted by Gasteiger charge is -2.03. The first-order chi connectivity index (χ1) is 11.7. The highest BCUT2D eigenvalue weighted by Crippen LogP contribution is 2.28. The van der Waals surface area contributed by atoms with Gasteiger partial charge >= 0.3 is 0 Å². The maximum atomic E-state index is 12.2. The maximum absolute atomic E-state index is 12.2. The molecule has 0 bridgehead atoms. The van der Waals surface area contributed by atoms with E-state index in [2.05, 4.69) is 15.3 Å². The molecule has 0 unspecified atom stereocenters. The first-order valence-corrected chi connectivity index (χ1v) is 9.08. The molecular weight excluding hydrogens is 342 g/mol. The fraction of sp³-hybridized carbons (Fsp3) is 0.118. The second kappa shape index (κ2) is 6.18. The number of thiazole rings is 1. The minimum absolute atomic E-state index is 0.0994. The Morgan fingerprint density at radius 1 is 1.25 bits per heavy atom. The van der Waals surface area contributed by atoms with E-state index in [4.69, 9.17) is 4.42 Å². The van der Waals surface area contributed by atoms with Crippen molar-refractivity contribution in [2.45, 2.75) is 13.3 Å². The van der Waals surface area contributed by atoms with Crippen molar-refractivity contribution in [2.75, 3.05) is 5.32 Å². The number of rotatable bonds is 4. The number of thiophene rings is 1. The van der Waals surface area contributed by atoms with Crippen LogP contribution in [0.2, 0.25) is 0 Å². The van der Waals surface area contributed by atoms with Crippen molar-refractivity contribution in [1.82, 2.24) is 9.97 Å². The van der Waals surface area contributed by atoms with Crippen LogP contribution in [0, 0.1) is 6.92 Å². The van der Waals surface area contributed by atoms with Crippen LogP contribution in [0.15, 0.2) is 45.5 Å². The van der Waals surface area contributed by atoms with Crippen LogP contribution in [-0.2, 0) is 11.2 Å². The number of nitrogens with one attached hydrogen (secondary N) is 1. The zero-order valence-corrected chi connectivity index (χ0v) is 14.4. The number of hydrogen-bond acceptors (Lipinski definition) is 6. The Hall–Kier alpha value is -2.51. The predicted molar refractivity (Wildman–Crippen MR) is 96.5 cm³/mol. The molecule has 0 atom stereocenters. The van der Waals surface area contributed by atoms with Crippen molar-refractivity contribution in [3.05, 3.63) is 52.7 Å². The van der Waals surface area contributed by atoms with Crippen LogP contribution in [0.4, 0.5) is 5.69 Å². The SMILES string of the molecule is Cc1nc2cc(NC(=O)Cc3csc(-c4cccs4)n3)ccc2o1. The molecule has 1 N–H and O–H groups in total. The predicted octanol–water partition coefficient (Wildman–Crippen LogP) is 4.50. The third-order valence-electron chi connectivity index (χ3n) is 3.40. The van der Waals surface area contributed by atoms with Crippen LogP contribution in [-0.4, -0.2) is 15.9 Å². The third kappa shape index (κ3) is 3.08. The Morgan fingerprint density at radius 2 is 2.17 bits per heavy atom. The summed E-state index contributed by atoms with van der Waals surface area (Å²) >= 11 is 3.20. The number of carbonyl (C=O) groups excluding carboxylic acids is 1. The molecule has 5 nitrogen and oxygen atoms in total. The minimum Gasteiger partial charge on any atom is -0.441 e. The Balaban J connectivity index is 1.45. The van der Waals surface area contributed by atoms with E-state index in [1.54, 1.807) is 29.6 Å². The zero-order chi connectivity index (χ0) is 16.5. The van der Waals surface area contributed by atoms with E-state index in [1.165, 1.54) is 0 Å². The first kappa shape index (κ1) is 15.0. The van der Waals surface area contributed by atoms with Crippen molar-refractivity contribution in [1.29, 1.82) is 0 Å². The molecule has 0 spiro atoms. The summed E-state index contributed by atoms with van der Waals surface area (Å²) in [4.78, 5) is 22.2. The van der Waals surface area contributed by atoms with Gasteiger partial charge in [-0.05, 0) is 29.6 Å². The van der Waals surface area contributed by atoms with Gasteiger partial charge in [-0.2, -0.15) is 0 Å². The summed E-state index contributed by atoms with van der Waals surface area (Å²) < 4.78 is 5.43. The van der Waals surface area contributed by atoms with Gasteiger partial charge in [0, 0.05) is 18.0 Å². The molecule has 7 heteroatoms. The van der Waals surface area contributed by atoms with Crippen LogP contribution >= 0.6 is 22.7 Å². The topological polar surface area (TPSA) is 68.0 Å². The number of aryl methyl sites for hydroxylation is 1. The molecular formula is C17H13N3O2S2. The largest absolute Gasteiger partial charge is 0.441 e. The van der Waals surface area contributed by atoms with E-state index in [0.29, 0.717) is 17.2 Å². The van der Waals surface area contributed by atoms with Crippen LogP contribution in [0.5, 0.6) is 0 Å². The number of fused-ring (bicyclic) bond motifs is 1. The number of nitrogens with zero attached hydrogens (tertiary/aromatic N) is 2. The van der Waals surface area contributed by atoms with Gasteiger partial charge in [0.2, 0.25) is 5.91 Å². The molecule has 4 rings (SSSR count). The lowest BCUT2D eigenvalue weighted by Crippen LogP contribution is -2.14. The Kier molecular flexibility index (Phi) is 3.87. The van der Waals surface area contributed by atoms with Crippen molar-refractivity contribution in [3.63, 3.8) is 0 Å². The molecule has 3 heterocycles. The minimum atomic E-state index is -0.0994. The lowest BCUT2D eigenvalue weighted by molar-refractivity contribution is -0.115. The van der Waals surface area contributed by atoms with Gasteiger partial charge in [-0.25, -0.2) is 9.97 Å². The Labute approximate surface area is 146 Å². The molecule has 0 fully saturated rings. The smallest absolute Gasteiger partial charge is 0.230 e. The second-order valence-corrected chi connectivity index (χ2v) is 7.07. The van der Waals surface area contributed by atoms with Crippen LogP contribution in [0.3, 0.4) is 0 Å². The molecule has 0 radical (unpaired) electrons. The third-order valence-corrected chi connectivity index (χ3v) is 5.33. The average molecular weight is 355 g/mol. The van der Waals surface area contributed by atoms with Gasteiger partial charge in [0.25, 0.3) is 0 Å². The van der Waals surface area contributed by atoms with Gasteiger partial charge in [0.15, 0.2) is 11.5 Å². The second-order valence-electron chi connectivity index (χ2n) is 5.26. The molecule has 120 valence electrons. The number of hydrogen-bond donors (Lipinski definition) is 1. The summed E-state index contributed by atoms with van der Waals surface area (Å²) in [6.45, 7) is 1.80. The maximum Gasteiger partial charge on any atom is 0.230 e. The van der Waals surface area contributed by atoms with Gasteiger partial charge < -0.3 is 9.73 Å². The fourth-order valence-electron chi connectivity index (χ4n) is 2.39. The molecule has 24 heavy (non-hydrogen) atoms. The molecule has 4 aromatic rings. The van der Waals surface area contributed by atoms with E-state index >= 15 is 0 Å². The normalized spacial score (nSPS) is 11.0.